The molecule has 34 heavy (non-hydrogen) atoms. The molecule has 4 rings (SSSR count). The third-order valence-electron chi connectivity index (χ3n) is 5.62. The van der Waals surface area contributed by atoms with Crippen LogP contribution in [0.1, 0.15) is 12.8 Å². The quantitative estimate of drug-likeness (QED) is 0.476. The number of carbonyl (C=O) groups excluding carboxylic acids is 2. The molecule has 1 saturated heterocycles. The van der Waals surface area contributed by atoms with E-state index in [1.165, 1.54) is 58.4 Å². The Kier molecular flexibility index (Phi) is 7.17. The first-order chi connectivity index (χ1) is 16.2. The van der Waals surface area contributed by atoms with Gasteiger partial charge in [0.1, 0.15) is 12.4 Å². The number of rotatable bonds is 5. The standard InChI is InChI=1S/C22H21ClFN3O5S2/c1-32-20(28)13-27-18-7-4-16(24)12-19(18)33-22(27)25-21(29)14-8-10-26(11-9-14)34(30,31)17-5-2-15(23)3-6-17/h2-7,12,14H,8-11,13H2,1H3. The molecular weight excluding hydrogens is 505 g/mol. The van der Waals surface area contributed by atoms with Crippen LogP contribution in [0.2, 0.25) is 5.02 Å². The highest BCUT2D eigenvalue weighted by molar-refractivity contribution is 7.89. The van der Waals surface area contributed by atoms with Gasteiger partial charge in [0.25, 0.3) is 5.91 Å². The van der Waals surface area contributed by atoms with Crippen molar-refractivity contribution < 1.29 is 27.1 Å². The highest BCUT2D eigenvalue weighted by Gasteiger charge is 2.32. The zero-order valence-corrected chi connectivity index (χ0v) is 20.5. The van der Waals surface area contributed by atoms with Crippen LogP contribution in [0.4, 0.5) is 4.39 Å². The van der Waals surface area contributed by atoms with E-state index in [4.69, 9.17) is 16.3 Å². The van der Waals surface area contributed by atoms with E-state index in [1.54, 1.807) is 0 Å². The second-order valence-electron chi connectivity index (χ2n) is 7.74. The van der Waals surface area contributed by atoms with Gasteiger partial charge in [-0.1, -0.05) is 22.9 Å². The lowest BCUT2D eigenvalue weighted by Gasteiger charge is -2.29. The first kappa shape index (κ1) is 24.5. The van der Waals surface area contributed by atoms with Gasteiger partial charge in [0, 0.05) is 24.0 Å². The molecule has 3 aromatic rings. The zero-order valence-electron chi connectivity index (χ0n) is 18.1. The molecule has 0 atom stereocenters. The largest absolute Gasteiger partial charge is 0.468 e. The molecule has 1 aromatic heterocycles. The Labute approximate surface area is 204 Å². The fraction of sp³-hybridized carbons (Fsp3) is 0.318. The summed E-state index contributed by atoms with van der Waals surface area (Å²) in [6, 6.07) is 10.0. The first-order valence-electron chi connectivity index (χ1n) is 10.4. The van der Waals surface area contributed by atoms with Gasteiger partial charge in [-0.05, 0) is 55.3 Å². The summed E-state index contributed by atoms with van der Waals surface area (Å²) < 4.78 is 47.6. The molecule has 180 valence electrons. The smallest absolute Gasteiger partial charge is 0.325 e. The number of nitrogens with zero attached hydrogens (tertiary/aromatic N) is 3. The maximum Gasteiger partial charge on any atom is 0.325 e. The molecule has 2 heterocycles. The Morgan fingerprint density at radius 3 is 2.50 bits per heavy atom. The molecule has 0 spiro atoms. The molecule has 0 saturated carbocycles. The van der Waals surface area contributed by atoms with E-state index in [0.717, 1.165) is 11.3 Å². The molecule has 1 aliphatic heterocycles. The van der Waals surface area contributed by atoms with Crippen LogP contribution in [0, 0.1) is 11.7 Å². The summed E-state index contributed by atoms with van der Waals surface area (Å²) in [6.45, 7) is 0.180. The van der Waals surface area contributed by atoms with Crippen molar-refractivity contribution in [3.8, 4) is 0 Å². The number of piperidine rings is 1. The summed E-state index contributed by atoms with van der Waals surface area (Å²) in [4.78, 5) is 29.4. The number of halogens is 2. The van der Waals surface area contributed by atoms with Gasteiger partial charge in [-0.2, -0.15) is 9.30 Å². The lowest BCUT2D eigenvalue weighted by Crippen LogP contribution is -2.40. The predicted molar refractivity (Wildman–Crippen MR) is 125 cm³/mol. The number of esters is 1. The fourth-order valence-electron chi connectivity index (χ4n) is 3.76. The number of thiazole rings is 1. The molecule has 1 aliphatic rings. The first-order valence-corrected chi connectivity index (χ1v) is 13.0. The SMILES string of the molecule is COC(=O)Cn1c(=NC(=O)C2CCN(S(=O)(=O)c3ccc(Cl)cc3)CC2)sc2cc(F)ccc21. The third kappa shape index (κ3) is 5.07. The average molecular weight is 526 g/mol. The van der Waals surface area contributed by atoms with Crippen LogP contribution in [-0.4, -0.2) is 49.4 Å². The number of amides is 1. The topological polar surface area (TPSA) is 98.0 Å². The van der Waals surface area contributed by atoms with Crippen molar-refractivity contribution in [3.63, 3.8) is 0 Å². The maximum atomic E-state index is 13.7. The number of ether oxygens (including phenoxy) is 1. The minimum Gasteiger partial charge on any atom is -0.468 e. The molecule has 2 aromatic carbocycles. The van der Waals surface area contributed by atoms with E-state index in [1.807, 2.05) is 0 Å². The number of methoxy groups -OCH3 is 1. The molecule has 0 bridgehead atoms. The highest BCUT2D eigenvalue weighted by Crippen LogP contribution is 2.26. The van der Waals surface area contributed by atoms with Gasteiger partial charge < -0.3 is 9.30 Å². The fourth-order valence-corrected chi connectivity index (χ4v) is 6.42. The monoisotopic (exact) mass is 525 g/mol. The van der Waals surface area contributed by atoms with Crippen LogP contribution in [0.25, 0.3) is 10.2 Å². The summed E-state index contributed by atoms with van der Waals surface area (Å²) >= 11 is 6.94. The Bertz CT molecular complexity index is 1410. The van der Waals surface area contributed by atoms with Crippen LogP contribution in [0.3, 0.4) is 0 Å². The second kappa shape index (κ2) is 9.95. The van der Waals surface area contributed by atoms with Crippen molar-refractivity contribution in [2.45, 2.75) is 24.3 Å². The van der Waals surface area contributed by atoms with Gasteiger partial charge in [0.05, 0.1) is 22.2 Å². The predicted octanol–water partition coefficient (Wildman–Crippen LogP) is 3.20. The van der Waals surface area contributed by atoms with E-state index in [9.17, 15) is 22.4 Å². The van der Waals surface area contributed by atoms with Crippen molar-refractivity contribution in [1.29, 1.82) is 0 Å². The normalized spacial score (nSPS) is 16.1. The Morgan fingerprint density at radius 2 is 1.85 bits per heavy atom. The van der Waals surface area contributed by atoms with Crippen LogP contribution in [-0.2, 0) is 30.9 Å². The minimum absolute atomic E-state index is 0.146. The molecule has 12 heteroatoms. The van der Waals surface area contributed by atoms with Gasteiger partial charge in [0.15, 0.2) is 4.80 Å². The Morgan fingerprint density at radius 1 is 1.18 bits per heavy atom. The Balaban J connectivity index is 1.54. The van der Waals surface area contributed by atoms with E-state index in [2.05, 4.69) is 4.99 Å². The molecule has 0 radical (unpaired) electrons. The molecule has 0 aliphatic carbocycles. The molecule has 1 fully saturated rings. The number of hydrogen-bond donors (Lipinski definition) is 0. The number of sulfonamides is 1. The van der Waals surface area contributed by atoms with Gasteiger partial charge in [-0.25, -0.2) is 12.8 Å². The zero-order chi connectivity index (χ0) is 24.5. The number of benzene rings is 2. The van der Waals surface area contributed by atoms with E-state index in [-0.39, 0.29) is 29.3 Å². The van der Waals surface area contributed by atoms with Crippen molar-refractivity contribution in [1.82, 2.24) is 8.87 Å². The van der Waals surface area contributed by atoms with Crippen LogP contribution >= 0.6 is 22.9 Å². The van der Waals surface area contributed by atoms with Gasteiger partial charge >= 0.3 is 5.97 Å². The number of fused-ring (bicyclic) bond motifs is 1. The van der Waals surface area contributed by atoms with E-state index >= 15 is 0 Å². The van der Waals surface area contributed by atoms with Crippen molar-refractivity contribution >= 4 is 55.1 Å². The van der Waals surface area contributed by atoms with Crippen molar-refractivity contribution in [2.24, 2.45) is 10.9 Å². The lowest BCUT2D eigenvalue weighted by molar-refractivity contribution is -0.141. The third-order valence-corrected chi connectivity index (χ3v) is 8.83. The summed E-state index contributed by atoms with van der Waals surface area (Å²) in [5.41, 5.74) is 0.562. The maximum absolute atomic E-state index is 13.7. The van der Waals surface area contributed by atoms with Crippen LogP contribution in [0.5, 0.6) is 0 Å². The summed E-state index contributed by atoms with van der Waals surface area (Å²) in [7, 11) is -2.43. The number of aromatic nitrogens is 1. The summed E-state index contributed by atoms with van der Waals surface area (Å²) in [6.07, 6.45) is 0.622. The van der Waals surface area contributed by atoms with Gasteiger partial charge in [-0.15, -0.1) is 0 Å². The van der Waals surface area contributed by atoms with Gasteiger partial charge in [-0.3, -0.25) is 9.59 Å². The van der Waals surface area contributed by atoms with E-state index < -0.39 is 33.6 Å². The molecule has 0 unspecified atom stereocenters. The highest BCUT2D eigenvalue weighted by atomic mass is 35.5. The molecule has 8 nitrogen and oxygen atoms in total. The van der Waals surface area contributed by atoms with E-state index in [0.29, 0.717) is 28.1 Å². The number of hydrogen-bond acceptors (Lipinski definition) is 6. The number of carbonyl (C=O) groups is 2. The minimum atomic E-state index is -3.69. The lowest BCUT2D eigenvalue weighted by atomic mass is 9.98. The summed E-state index contributed by atoms with van der Waals surface area (Å²) in [5, 5.41) is 0.443. The van der Waals surface area contributed by atoms with Crippen LogP contribution in [0.15, 0.2) is 52.4 Å². The van der Waals surface area contributed by atoms with Crippen molar-refractivity contribution in [2.75, 3.05) is 20.2 Å². The molecular formula is C22H21ClFN3O5S2. The van der Waals surface area contributed by atoms with Crippen molar-refractivity contribution in [3.05, 3.63) is 58.1 Å². The summed E-state index contributed by atoms with van der Waals surface area (Å²) in [5.74, 6) is -1.84. The average Bonchev–Trinajstić information content (AvgIpc) is 3.14. The molecule has 0 N–H and O–H groups in total. The second-order valence-corrected chi connectivity index (χ2v) is 11.1. The Hall–Kier alpha value is -2.60. The van der Waals surface area contributed by atoms with Gasteiger partial charge in [0.2, 0.25) is 10.0 Å². The molecule has 1 amide bonds. The van der Waals surface area contributed by atoms with Crippen LogP contribution < -0.4 is 4.80 Å².